The van der Waals surface area contributed by atoms with E-state index in [0.717, 1.165) is 23.6 Å². The van der Waals surface area contributed by atoms with Crippen LogP contribution >= 0.6 is 0 Å². The van der Waals surface area contributed by atoms with Crippen LogP contribution < -0.4 is 16.4 Å². The molecule has 0 fully saturated rings. The number of primary amides is 1. The van der Waals surface area contributed by atoms with Gasteiger partial charge in [0.25, 0.3) is 0 Å². The molecule has 134 valence electrons. The minimum atomic E-state index is -0.445. The Morgan fingerprint density at radius 3 is 2.88 bits per heavy atom. The third kappa shape index (κ3) is 4.15. The van der Waals surface area contributed by atoms with Crippen LogP contribution in [0.1, 0.15) is 28.7 Å². The summed E-state index contributed by atoms with van der Waals surface area (Å²) >= 11 is 0. The van der Waals surface area contributed by atoms with Gasteiger partial charge in [-0.25, -0.2) is 4.99 Å². The number of rotatable bonds is 6. The zero-order valence-corrected chi connectivity index (χ0v) is 14.5. The fourth-order valence-corrected chi connectivity index (χ4v) is 2.51. The quantitative estimate of drug-likeness (QED) is 0.455. The number of nitrogens with two attached hydrogens (primary N) is 1. The molecule has 0 saturated heterocycles. The van der Waals surface area contributed by atoms with Gasteiger partial charge in [-0.05, 0) is 36.8 Å². The average Bonchev–Trinajstić information content (AvgIpc) is 3.07. The number of aromatic nitrogens is 3. The summed E-state index contributed by atoms with van der Waals surface area (Å²) in [6.07, 6.45) is 1.92. The van der Waals surface area contributed by atoms with Gasteiger partial charge < -0.3 is 16.4 Å². The maximum Gasteiger partial charge on any atom is 0.248 e. The minimum absolute atomic E-state index is 0.428. The Labute approximate surface area is 151 Å². The first-order valence-corrected chi connectivity index (χ1v) is 8.37. The first-order valence-electron chi connectivity index (χ1n) is 8.37. The van der Waals surface area contributed by atoms with Crippen molar-refractivity contribution < 1.29 is 4.79 Å². The molecule has 2 heterocycles. The molecule has 0 saturated carbocycles. The van der Waals surface area contributed by atoms with Crippen molar-refractivity contribution in [1.29, 1.82) is 0 Å². The van der Waals surface area contributed by atoms with Crippen LogP contribution in [0.25, 0.3) is 5.65 Å². The molecule has 0 aliphatic heterocycles. The van der Waals surface area contributed by atoms with Gasteiger partial charge in [0.15, 0.2) is 17.4 Å². The van der Waals surface area contributed by atoms with Crippen molar-refractivity contribution in [2.45, 2.75) is 20.0 Å². The van der Waals surface area contributed by atoms with E-state index in [2.05, 4.69) is 25.8 Å². The van der Waals surface area contributed by atoms with E-state index in [1.807, 2.05) is 41.8 Å². The Hall–Kier alpha value is -3.42. The van der Waals surface area contributed by atoms with Gasteiger partial charge in [-0.1, -0.05) is 18.2 Å². The highest BCUT2D eigenvalue weighted by atomic mass is 16.1. The molecule has 8 nitrogen and oxygen atoms in total. The van der Waals surface area contributed by atoms with Crippen LogP contribution in [-0.4, -0.2) is 33.0 Å². The highest BCUT2D eigenvalue weighted by Gasteiger charge is 2.06. The maximum absolute atomic E-state index is 11.3. The monoisotopic (exact) mass is 351 g/mol. The van der Waals surface area contributed by atoms with Crippen LogP contribution in [0.5, 0.6) is 0 Å². The van der Waals surface area contributed by atoms with Crippen molar-refractivity contribution in [3.63, 3.8) is 0 Å². The van der Waals surface area contributed by atoms with E-state index in [1.165, 1.54) is 0 Å². The van der Waals surface area contributed by atoms with Crippen LogP contribution in [0.2, 0.25) is 0 Å². The molecule has 0 aliphatic rings. The number of aliphatic imine (C=N–C) groups is 1. The average molecular weight is 351 g/mol. The first kappa shape index (κ1) is 17.4. The van der Waals surface area contributed by atoms with Crippen molar-refractivity contribution in [2.24, 2.45) is 10.7 Å². The SMILES string of the molecule is CCNC(=NCc1cccc(C(N)=O)c1)NCc1nnc2ccccn12. The molecule has 4 N–H and O–H groups in total. The van der Waals surface area contributed by atoms with E-state index in [0.29, 0.717) is 24.6 Å². The number of nitrogens with zero attached hydrogens (tertiary/aromatic N) is 4. The predicted molar refractivity (Wildman–Crippen MR) is 99.6 cm³/mol. The van der Waals surface area contributed by atoms with Crippen LogP contribution in [0.4, 0.5) is 0 Å². The fraction of sp³-hybridized carbons (Fsp3) is 0.222. The number of pyridine rings is 1. The second-order valence-electron chi connectivity index (χ2n) is 5.66. The van der Waals surface area contributed by atoms with Crippen LogP contribution in [0.15, 0.2) is 53.7 Å². The van der Waals surface area contributed by atoms with E-state index in [4.69, 9.17) is 5.73 Å². The Bertz CT molecular complexity index is 932. The molecule has 0 aliphatic carbocycles. The smallest absolute Gasteiger partial charge is 0.248 e. The number of guanidine groups is 1. The molecule has 2 aromatic heterocycles. The molecule has 0 unspecified atom stereocenters. The third-order valence-corrected chi connectivity index (χ3v) is 3.77. The van der Waals surface area contributed by atoms with E-state index in [1.54, 1.807) is 18.2 Å². The number of carbonyl (C=O) groups is 1. The lowest BCUT2D eigenvalue weighted by molar-refractivity contribution is 0.1000. The molecule has 1 amide bonds. The van der Waals surface area contributed by atoms with Gasteiger partial charge in [-0.15, -0.1) is 10.2 Å². The lowest BCUT2D eigenvalue weighted by Gasteiger charge is -2.10. The molecule has 0 bridgehead atoms. The highest BCUT2D eigenvalue weighted by molar-refractivity contribution is 5.92. The summed E-state index contributed by atoms with van der Waals surface area (Å²) in [4.78, 5) is 15.8. The molecular weight excluding hydrogens is 330 g/mol. The predicted octanol–water partition coefficient (Wildman–Crippen LogP) is 1.08. The molecule has 1 aromatic carbocycles. The zero-order chi connectivity index (χ0) is 18.4. The van der Waals surface area contributed by atoms with Gasteiger partial charge in [0.05, 0.1) is 13.1 Å². The second kappa shape index (κ2) is 8.11. The molecule has 3 rings (SSSR count). The van der Waals surface area contributed by atoms with Gasteiger partial charge in [0, 0.05) is 18.3 Å². The number of nitrogens with one attached hydrogen (secondary N) is 2. The highest BCUT2D eigenvalue weighted by Crippen LogP contribution is 2.06. The van der Waals surface area contributed by atoms with Crippen molar-refractivity contribution >= 4 is 17.5 Å². The molecule has 26 heavy (non-hydrogen) atoms. The molecule has 3 aromatic rings. The van der Waals surface area contributed by atoms with Crippen molar-refractivity contribution in [1.82, 2.24) is 25.2 Å². The molecule has 8 heteroatoms. The molecule has 0 radical (unpaired) electrons. The summed E-state index contributed by atoms with van der Waals surface area (Å²) in [6, 6.07) is 12.9. The van der Waals surface area contributed by atoms with Crippen molar-refractivity contribution in [3.05, 3.63) is 65.6 Å². The lowest BCUT2D eigenvalue weighted by atomic mass is 10.1. The second-order valence-corrected chi connectivity index (χ2v) is 5.66. The van der Waals surface area contributed by atoms with Gasteiger partial charge in [0.1, 0.15) is 0 Å². The lowest BCUT2D eigenvalue weighted by Crippen LogP contribution is -2.37. The van der Waals surface area contributed by atoms with E-state index < -0.39 is 5.91 Å². The summed E-state index contributed by atoms with van der Waals surface area (Å²) in [7, 11) is 0. The molecule has 0 atom stereocenters. The Morgan fingerprint density at radius 2 is 2.08 bits per heavy atom. The number of benzene rings is 1. The van der Waals surface area contributed by atoms with E-state index in [-0.39, 0.29) is 0 Å². The summed E-state index contributed by atoms with van der Waals surface area (Å²) < 4.78 is 1.92. The third-order valence-electron chi connectivity index (χ3n) is 3.77. The summed E-state index contributed by atoms with van der Waals surface area (Å²) in [5.41, 5.74) is 7.51. The first-order chi connectivity index (χ1) is 12.7. The van der Waals surface area contributed by atoms with Crippen LogP contribution in [0.3, 0.4) is 0 Å². The number of hydrogen-bond donors (Lipinski definition) is 3. The van der Waals surface area contributed by atoms with Gasteiger partial charge >= 0.3 is 0 Å². The topological polar surface area (TPSA) is 110 Å². The molecular formula is C18H21N7O. The Morgan fingerprint density at radius 1 is 1.19 bits per heavy atom. The van der Waals surface area contributed by atoms with Gasteiger partial charge in [0.2, 0.25) is 5.91 Å². The Balaban J connectivity index is 1.69. The fourth-order valence-electron chi connectivity index (χ4n) is 2.51. The van der Waals surface area contributed by atoms with Gasteiger partial charge in [-0.3, -0.25) is 9.20 Å². The molecule has 0 spiro atoms. The van der Waals surface area contributed by atoms with Gasteiger partial charge in [-0.2, -0.15) is 0 Å². The standard InChI is InChI=1S/C18H21N7O/c1-2-20-18(21-11-13-6-5-7-14(10-13)17(19)26)22-12-16-24-23-15-8-3-4-9-25(15)16/h3-10H,2,11-12H2,1H3,(H2,19,26)(H2,20,21,22). The maximum atomic E-state index is 11.3. The van der Waals surface area contributed by atoms with Crippen molar-refractivity contribution in [2.75, 3.05) is 6.54 Å². The van der Waals surface area contributed by atoms with E-state index >= 15 is 0 Å². The van der Waals surface area contributed by atoms with Crippen LogP contribution in [0, 0.1) is 0 Å². The minimum Gasteiger partial charge on any atom is -0.366 e. The summed E-state index contributed by atoms with van der Waals surface area (Å²) in [5.74, 6) is 1.01. The van der Waals surface area contributed by atoms with Crippen molar-refractivity contribution in [3.8, 4) is 0 Å². The largest absolute Gasteiger partial charge is 0.366 e. The zero-order valence-electron chi connectivity index (χ0n) is 14.5. The normalized spacial score (nSPS) is 11.5. The summed E-state index contributed by atoms with van der Waals surface area (Å²) in [5, 5.41) is 14.8. The number of fused-ring (bicyclic) bond motifs is 1. The number of hydrogen-bond acceptors (Lipinski definition) is 4. The van der Waals surface area contributed by atoms with Crippen LogP contribution in [-0.2, 0) is 13.1 Å². The van der Waals surface area contributed by atoms with E-state index in [9.17, 15) is 4.79 Å². The number of carbonyl (C=O) groups excluding carboxylic acids is 1. The summed E-state index contributed by atoms with van der Waals surface area (Å²) in [6.45, 7) is 3.64. The number of amides is 1. The Kier molecular flexibility index (Phi) is 5.43.